The second-order valence-corrected chi connectivity index (χ2v) is 13.5. The first-order chi connectivity index (χ1) is 22.9. The van der Waals surface area contributed by atoms with Gasteiger partial charge < -0.3 is 34.7 Å². The van der Waals surface area contributed by atoms with Gasteiger partial charge in [-0.25, -0.2) is 9.78 Å². The van der Waals surface area contributed by atoms with Crippen LogP contribution in [-0.4, -0.2) is 106 Å². The summed E-state index contributed by atoms with van der Waals surface area (Å²) in [5.41, 5.74) is 1.82. The summed E-state index contributed by atoms with van der Waals surface area (Å²) >= 11 is 0. The van der Waals surface area contributed by atoms with Crippen molar-refractivity contribution >= 4 is 29.1 Å². The normalized spacial score (nSPS) is 26.5. The molecule has 0 bridgehead atoms. The molecule has 254 valence electrons. The topological polar surface area (TPSA) is 193 Å². The molecule has 0 radical (unpaired) electrons. The Morgan fingerprint density at radius 1 is 1.15 bits per heavy atom. The molecule has 7 atom stereocenters. The van der Waals surface area contributed by atoms with Crippen molar-refractivity contribution in [1.29, 1.82) is 0 Å². The van der Waals surface area contributed by atoms with Crippen LogP contribution in [0.15, 0.2) is 78.4 Å². The highest BCUT2D eigenvalue weighted by Gasteiger charge is 2.51. The largest absolute Gasteiger partial charge is 0.478 e. The second-order valence-electron chi connectivity index (χ2n) is 13.5. The van der Waals surface area contributed by atoms with Crippen LogP contribution in [0.4, 0.5) is 5.69 Å². The quantitative estimate of drug-likeness (QED) is 0.105. The Hall–Kier alpha value is -3.83. The fraction of sp³-hybridized carbons (Fsp3) is 0.441. The summed E-state index contributed by atoms with van der Waals surface area (Å²) in [7, 11) is 0. The lowest BCUT2D eigenvalue weighted by Crippen LogP contribution is -3.11. The SMILES string of the molecule is Cc1cc(=O)c2cc3c(c([NH+]4C=C5N=CC=C5C4)c2o1)OC(C)(C)C(OOCC(O)C(O)(C[NH+]1CC=C2N=CC=C21)C(O)C(O)CO)C3. The number of hydrogen-bond acceptors (Lipinski definition) is 12. The molecule has 2 aromatic rings. The van der Waals surface area contributed by atoms with Crippen molar-refractivity contribution in [3.05, 3.63) is 80.8 Å². The molecule has 0 fully saturated rings. The lowest BCUT2D eigenvalue weighted by molar-refractivity contribution is -0.856. The van der Waals surface area contributed by atoms with E-state index < -0.39 is 48.8 Å². The molecule has 0 aliphatic carbocycles. The molecule has 1 aromatic carbocycles. The Labute approximate surface area is 275 Å². The van der Waals surface area contributed by atoms with Gasteiger partial charge in [0.2, 0.25) is 11.3 Å². The summed E-state index contributed by atoms with van der Waals surface area (Å²) in [5.74, 6) is 1.05. The summed E-state index contributed by atoms with van der Waals surface area (Å²) in [6, 6.07) is 3.19. The lowest BCUT2D eigenvalue weighted by Gasteiger charge is -2.40. The number of nitrogens with zero attached hydrogens (tertiary/aromatic N) is 2. The minimum Gasteiger partial charge on any atom is -0.478 e. The molecule has 0 saturated heterocycles. The molecule has 5 aliphatic rings. The maximum atomic E-state index is 13.2. The molecule has 7 unspecified atom stereocenters. The van der Waals surface area contributed by atoms with E-state index in [1.165, 1.54) is 6.07 Å². The van der Waals surface area contributed by atoms with Gasteiger partial charge in [0, 0.05) is 48.2 Å². The summed E-state index contributed by atoms with van der Waals surface area (Å²) in [6.45, 7) is 4.80. The zero-order chi connectivity index (χ0) is 34.0. The fourth-order valence-electron chi connectivity index (χ4n) is 7.00. The van der Waals surface area contributed by atoms with Crippen LogP contribution in [0.25, 0.3) is 11.0 Å². The summed E-state index contributed by atoms with van der Waals surface area (Å²) in [6.07, 6.45) is 5.15. The van der Waals surface area contributed by atoms with E-state index in [1.54, 1.807) is 31.5 Å². The molecule has 5 aliphatic heterocycles. The number of nitrogens with one attached hydrogen (secondary N) is 2. The average Bonchev–Trinajstić information content (AvgIpc) is 3.83. The van der Waals surface area contributed by atoms with Crippen molar-refractivity contribution in [2.75, 3.05) is 32.8 Å². The lowest BCUT2D eigenvalue weighted by atomic mass is 9.86. The van der Waals surface area contributed by atoms with Crippen molar-refractivity contribution in [1.82, 2.24) is 0 Å². The monoisotopic (exact) mass is 664 g/mol. The molecular formula is C34H40N4O10+2. The molecule has 7 N–H and O–H groups in total. The van der Waals surface area contributed by atoms with Crippen LogP contribution < -0.4 is 20.0 Å². The predicted octanol–water partition coefficient (Wildman–Crippen LogP) is -1.93. The number of benzene rings is 1. The van der Waals surface area contributed by atoms with E-state index >= 15 is 0 Å². The van der Waals surface area contributed by atoms with Crippen molar-refractivity contribution in [3.63, 3.8) is 0 Å². The molecule has 48 heavy (non-hydrogen) atoms. The Bertz CT molecular complexity index is 1890. The van der Waals surface area contributed by atoms with Crippen LogP contribution in [0.2, 0.25) is 0 Å². The smallest absolute Gasteiger partial charge is 0.222 e. The molecule has 14 heteroatoms. The van der Waals surface area contributed by atoms with Crippen LogP contribution in [0.1, 0.15) is 25.2 Å². The first-order valence-corrected chi connectivity index (χ1v) is 16.0. The highest BCUT2D eigenvalue weighted by molar-refractivity contribution is 5.90. The Balaban J connectivity index is 1.12. The van der Waals surface area contributed by atoms with Gasteiger partial charge in [-0.15, -0.1) is 0 Å². The third kappa shape index (κ3) is 5.58. The van der Waals surface area contributed by atoms with Gasteiger partial charge in [0.1, 0.15) is 79.6 Å². The van der Waals surface area contributed by atoms with Gasteiger partial charge in [0.15, 0.2) is 22.5 Å². The molecule has 14 nitrogen and oxygen atoms in total. The Morgan fingerprint density at radius 3 is 2.69 bits per heavy atom. The number of quaternary nitrogens is 2. The summed E-state index contributed by atoms with van der Waals surface area (Å²) in [5, 5.41) is 53.9. The van der Waals surface area contributed by atoms with Crippen molar-refractivity contribution in [2.45, 2.75) is 62.8 Å². The van der Waals surface area contributed by atoms with E-state index in [0.29, 0.717) is 51.7 Å². The number of aryl methyl sites for hydroxylation is 1. The van der Waals surface area contributed by atoms with Crippen LogP contribution in [0.5, 0.6) is 5.75 Å². The highest BCUT2D eigenvalue weighted by atomic mass is 17.2. The van der Waals surface area contributed by atoms with Crippen molar-refractivity contribution < 1.29 is 54.3 Å². The van der Waals surface area contributed by atoms with Crippen molar-refractivity contribution in [2.24, 2.45) is 9.98 Å². The molecule has 0 saturated carbocycles. The van der Waals surface area contributed by atoms with Gasteiger partial charge in [-0.3, -0.25) is 24.6 Å². The fourth-order valence-corrected chi connectivity index (χ4v) is 7.00. The number of aliphatic hydroxyl groups is 5. The summed E-state index contributed by atoms with van der Waals surface area (Å²) in [4.78, 5) is 34.8. The van der Waals surface area contributed by atoms with Crippen LogP contribution in [0, 0.1) is 6.92 Å². The number of allylic oxidation sites excluding steroid dienone is 2. The number of hydrogen-bond donors (Lipinski definition) is 7. The van der Waals surface area contributed by atoms with Crippen molar-refractivity contribution in [3.8, 4) is 5.75 Å². The van der Waals surface area contributed by atoms with E-state index in [-0.39, 0.29) is 18.4 Å². The van der Waals surface area contributed by atoms with Crippen LogP contribution in [-0.2, 0) is 16.2 Å². The number of ether oxygens (including phenoxy) is 1. The van der Waals surface area contributed by atoms with E-state index in [4.69, 9.17) is 18.9 Å². The maximum absolute atomic E-state index is 13.2. The maximum Gasteiger partial charge on any atom is 0.222 e. The van der Waals surface area contributed by atoms with E-state index in [9.17, 15) is 30.3 Å². The Morgan fingerprint density at radius 2 is 1.92 bits per heavy atom. The minimum atomic E-state index is -2.30. The van der Waals surface area contributed by atoms with Gasteiger partial charge in [0.25, 0.3) is 0 Å². The number of aliphatic hydroxyl groups excluding tert-OH is 4. The summed E-state index contributed by atoms with van der Waals surface area (Å²) < 4.78 is 12.8. The Kier molecular flexibility index (Phi) is 8.35. The highest BCUT2D eigenvalue weighted by Crippen LogP contribution is 2.43. The van der Waals surface area contributed by atoms with E-state index in [2.05, 4.69) is 9.98 Å². The number of aliphatic imine (C=N–C) groups is 2. The van der Waals surface area contributed by atoms with E-state index in [0.717, 1.165) is 27.6 Å². The first kappa shape index (κ1) is 32.7. The molecule has 0 amide bonds. The van der Waals surface area contributed by atoms with Gasteiger partial charge >= 0.3 is 0 Å². The minimum absolute atomic E-state index is 0.187. The standard InChI is InChI=1S/C34H38N4O10/c1-18-10-25(40)21-11-20-12-28(33(2,3)47-30(20)29(31(21)46-18)38-13-19-4-7-36-23(19)14-38)48-45-16-27(42)34(44,32(43)26(41)15-39)17-37-9-6-22-24(37)5-8-35-22/h4-8,10-11,14,26-28,32,39,41-44H,9,12-13,15-17H2,1-3H3/p+2. The third-order valence-corrected chi connectivity index (χ3v) is 9.75. The second kappa shape index (κ2) is 12.2. The third-order valence-electron chi connectivity index (χ3n) is 9.75. The van der Waals surface area contributed by atoms with Crippen LogP contribution >= 0.6 is 0 Å². The van der Waals surface area contributed by atoms with Gasteiger partial charge in [-0.1, -0.05) is 0 Å². The van der Waals surface area contributed by atoms with Crippen LogP contribution in [0.3, 0.4) is 0 Å². The molecule has 6 heterocycles. The molecule has 0 spiro atoms. The van der Waals surface area contributed by atoms with Gasteiger partial charge in [-0.2, -0.15) is 0 Å². The first-order valence-electron chi connectivity index (χ1n) is 16.0. The van der Waals surface area contributed by atoms with Gasteiger partial charge in [-0.05, 0) is 32.9 Å². The zero-order valence-electron chi connectivity index (χ0n) is 26.8. The molecule has 1 aromatic heterocycles. The molecular weight excluding hydrogens is 624 g/mol. The predicted molar refractivity (Wildman–Crippen MR) is 172 cm³/mol. The van der Waals surface area contributed by atoms with Gasteiger partial charge in [0.05, 0.1) is 12.0 Å². The van der Waals surface area contributed by atoms with E-state index in [1.807, 2.05) is 32.2 Å². The number of fused-ring (bicyclic) bond motifs is 4. The average molecular weight is 665 g/mol. The number of rotatable bonds is 11. The zero-order valence-corrected chi connectivity index (χ0v) is 26.8. The molecule has 7 rings (SSSR count).